The molecule has 2 aromatic rings. The maximum Gasteiger partial charge on any atom is 0.180 e. The summed E-state index contributed by atoms with van der Waals surface area (Å²) in [6.07, 6.45) is 1.67. The van der Waals surface area contributed by atoms with Crippen LogP contribution < -0.4 is 10.5 Å². The first-order valence-corrected chi connectivity index (χ1v) is 5.49. The number of methoxy groups -OCH3 is 1. The molecular formula is C11H11FN2OS. The van der Waals surface area contributed by atoms with Crippen LogP contribution in [0.1, 0.15) is 5.56 Å². The van der Waals surface area contributed by atoms with Gasteiger partial charge in [-0.25, -0.2) is 9.37 Å². The quantitative estimate of drug-likeness (QED) is 0.875. The summed E-state index contributed by atoms with van der Waals surface area (Å²) in [5, 5.41) is 0.496. The molecular weight excluding hydrogens is 227 g/mol. The van der Waals surface area contributed by atoms with Gasteiger partial charge in [0.05, 0.1) is 12.0 Å². The lowest BCUT2D eigenvalue weighted by atomic mass is 10.1. The molecule has 0 saturated carbocycles. The molecule has 0 saturated heterocycles. The number of aromatic nitrogens is 1. The molecule has 5 heteroatoms. The predicted molar refractivity (Wildman–Crippen MR) is 63.2 cm³/mol. The van der Waals surface area contributed by atoms with E-state index in [0.717, 1.165) is 10.4 Å². The molecule has 0 bridgehead atoms. The Morgan fingerprint density at radius 3 is 2.75 bits per heavy atom. The Balaban J connectivity index is 2.54. The summed E-state index contributed by atoms with van der Waals surface area (Å²) >= 11 is 1.36. The van der Waals surface area contributed by atoms with Crippen LogP contribution in [0.3, 0.4) is 0 Å². The lowest BCUT2D eigenvalue weighted by Crippen LogP contribution is -1.91. The van der Waals surface area contributed by atoms with Crippen molar-refractivity contribution < 1.29 is 9.13 Å². The zero-order valence-electron chi connectivity index (χ0n) is 8.95. The minimum atomic E-state index is -0.330. The van der Waals surface area contributed by atoms with E-state index in [4.69, 9.17) is 10.5 Å². The van der Waals surface area contributed by atoms with Crippen LogP contribution >= 0.6 is 11.3 Å². The number of benzene rings is 1. The van der Waals surface area contributed by atoms with Crippen molar-refractivity contribution in [3.63, 3.8) is 0 Å². The van der Waals surface area contributed by atoms with Crippen molar-refractivity contribution in [3.8, 4) is 16.2 Å². The van der Waals surface area contributed by atoms with Gasteiger partial charge in [0.15, 0.2) is 16.7 Å². The van der Waals surface area contributed by atoms with Gasteiger partial charge < -0.3 is 10.5 Å². The van der Waals surface area contributed by atoms with Crippen LogP contribution in [-0.2, 0) is 0 Å². The van der Waals surface area contributed by atoms with Crippen LogP contribution in [0.5, 0.6) is 5.75 Å². The van der Waals surface area contributed by atoms with E-state index >= 15 is 0 Å². The number of nitrogen functional groups attached to an aromatic ring is 1. The van der Waals surface area contributed by atoms with Crippen molar-refractivity contribution in [3.05, 3.63) is 29.7 Å². The van der Waals surface area contributed by atoms with Crippen molar-refractivity contribution in [1.29, 1.82) is 0 Å². The van der Waals surface area contributed by atoms with Crippen LogP contribution in [-0.4, -0.2) is 12.1 Å². The lowest BCUT2D eigenvalue weighted by Gasteiger charge is -2.06. The van der Waals surface area contributed by atoms with Gasteiger partial charge in [-0.1, -0.05) is 11.3 Å². The van der Waals surface area contributed by atoms with Gasteiger partial charge in [0.2, 0.25) is 0 Å². The van der Waals surface area contributed by atoms with Crippen molar-refractivity contribution in [2.24, 2.45) is 0 Å². The van der Waals surface area contributed by atoms with E-state index in [0.29, 0.717) is 10.7 Å². The first-order valence-electron chi connectivity index (χ1n) is 4.67. The minimum absolute atomic E-state index is 0.238. The van der Waals surface area contributed by atoms with Crippen LogP contribution in [0.4, 0.5) is 9.52 Å². The molecule has 2 N–H and O–H groups in total. The fourth-order valence-electron chi connectivity index (χ4n) is 1.45. The topological polar surface area (TPSA) is 48.1 Å². The second-order valence-corrected chi connectivity index (χ2v) is 4.43. The number of nitrogens with zero attached hydrogens (tertiary/aromatic N) is 1. The molecule has 0 radical (unpaired) electrons. The third kappa shape index (κ3) is 1.86. The first kappa shape index (κ1) is 10.9. The normalized spacial score (nSPS) is 10.4. The molecule has 0 aliphatic heterocycles. The molecule has 0 aliphatic rings. The van der Waals surface area contributed by atoms with Gasteiger partial charge in [-0.15, -0.1) is 0 Å². The summed E-state index contributed by atoms with van der Waals surface area (Å²) in [6, 6.07) is 3.40. The highest BCUT2D eigenvalue weighted by Gasteiger charge is 2.10. The highest BCUT2D eigenvalue weighted by molar-refractivity contribution is 7.18. The van der Waals surface area contributed by atoms with Gasteiger partial charge in [-0.2, -0.15) is 0 Å². The van der Waals surface area contributed by atoms with E-state index in [-0.39, 0.29) is 11.6 Å². The van der Waals surface area contributed by atoms with E-state index in [1.54, 1.807) is 25.3 Å². The number of rotatable bonds is 2. The summed E-state index contributed by atoms with van der Waals surface area (Å²) in [5.41, 5.74) is 6.97. The Hall–Kier alpha value is -1.62. The highest BCUT2D eigenvalue weighted by atomic mass is 32.1. The summed E-state index contributed by atoms with van der Waals surface area (Å²) in [6.45, 7) is 1.70. The SMILES string of the molecule is COc1cc(-c2cnc(N)s2)cc(C)c1F. The molecule has 0 fully saturated rings. The van der Waals surface area contributed by atoms with Gasteiger partial charge in [0, 0.05) is 6.20 Å². The van der Waals surface area contributed by atoms with E-state index in [9.17, 15) is 4.39 Å². The third-order valence-corrected chi connectivity index (χ3v) is 3.12. The Morgan fingerprint density at radius 2 is 2.19 bits per heavy atom. The van der Waals surface area contributed by atoms with E-state index in [1.807, 2.05) is 0 Å². The number of halogens is 1. The number of ether oxygens (including phenoxy) is 1. The summed E-state index contributed by atoms with van der Waals surface area (Å²) in [7, 11) is 1.45. The van der Waals surface area contributed by atoms with Crippen LogP contribution in [0.2, 0.25) is 0 Å². The smallest absolute Gasteiger partial charge is 0.180 e. The molecule has 3 nitrogen and oxygen atoms in total. The van der Waals surface area contributed by atoms with E-state index in [1.165, 1.54) is 18.4 Å². The largest absolute Gasteiger partial charge is 0.494 e. The van der Waals surface area contributed by atoms with Crippen molar-refractivity contribution in [2.75, 3.05) is 12.8 Å². The fraction of sp³-hybridized carbons (Fsp3) is 0.182. The first-order chi connectivity index (χ1) is 7.61. The Morgan fingerprint density at radius 1 is 1.44 bits per heavy atom. The maximum absolute atomic E-state index is 13.5. The highest BCUT2D eigenvalue weighted by Crippen LogP contribution is 2.32. The summed E-state index contributed by atoms with van der Waals surface area (Å²) in [4.78, 5) is 4.86. The molecule has 0 atom stereocenters. The van der Waals surface area contributed by atoms with Crippen molar-refractivity contribution >= 4 is 16.5 Å². The molecule has 2 rings (SSSR count). The monoisotopic (exact) mass is 238 g/mol. The molecule has 0 unspecified atom stereocenters. The van der Waals surface area contributed by atoms with E-state index < -0.39 is 0 Å². The summed E-state index contributed by atoms with van der Waals surface area (Å²) in [5.74, 6) is -0.0919. The van der Waals surface area contributed by atoms with Gasteiger partial charge >= 0.3 is 0 Å². The van der Waals surface area contributed by atoms with Gasteiger partial charge in [-0.3, -0.25) is 0 Å². The van der Waals surface area contributed by atoms with Crippen LogP contribution in [0.25, 0.3) is 10.4 Å². The van der Waals surface area contributed by atoms with Crippen molar-refractivity contribution in [1.82, 2.24) is 4.98 Å². The molecule has 84 valence electrons. The van der Waals surface area contributed by atoms with Crippen molar-refractivity contribution in [2.45, 2.75) is 6.92 Å². The minimum Gasteiger partial charge on any atom is -0.494 e. The van der Waals surface area contributed by atoms with Gasteiger partial charge in [0.1, 0.15) is 0 Å². The number of thiazole rings is 1. The second kappa shape index (κ2) is 4.09. The average molecular weight is 238 g/mol. The number of hydrogen-bond acceptors (Lipinski definition) is 4. The Kier molecular flexibility index (Phi) is 2.78. The van der Waals surface area contributed by atoms with E-state index in [2.05, 4.69) is 4.98 Å². The molecule has 0 spiro atoms. The molecule has 1 heterocycles. The Bertz CT molecular complexity index is 525. The molecule has 1 aromatic carbocycles. The number of anilines is 1. The number of aryl methyl sites for hydroxylation is 1. The molecule has 0 amide bonds. The van der Waals surface area contributed by atoms with Crippen LogP contribution in [0, 0.1) is 12.7 Å². The zero-order valence-corrected chi connectivity index (χ0v) is 9.77. The van der Waals surface area contributed by atoms with Gasteiger partial charge in [0.25, 0.3) is 0 Å². The summed E-state index contributed by atoms with van der Waals surface area (Å²) < 4.78 is 18.5. The predicted octanol–water partition coefficient (Wildman–Crippen LogP) is 2.85. The number of hydrogen-bond donors (Lipinski definition) is 1. The average Bonchev–Trinajstić information content (AvgIpc) is 2.69. The third-order valence-electron chi connectivity index (χ3n) is 2.25. The fourth-order valence-corrected chi connectivity index (χ4v) is 2.12. The second-order valence-electron chi connectivity index (χ2n) is 3.37. The van der Waals surface area contributed by atoms with Crippen LogP contribution in [0.15, 0.2) is 18.3 Å². The Labute approximate surface area is 96.7 Å². The zero-order chi connectivity index (χ0) is 11.7. The van der Waals surface area contributed by atoms with Gasteiger partial charge in [-0.05, 0) is 30.2 Å². The number of nitrogens with two attached hydrogens (primary N) is 1. The standard InChI is InChI=1S/C11H11FN2OS/c1-6-3-7(4-8(15-2)10(6)12)9-5-14-11(13)16-9/h3-5H,1-2H3,(H2,13,14). The lowest BCUT2D eigenvalue weighted by molar-refractivity contribution is 0.385. The molecule has 0 aliphatic carbocycles. The molecule has 1 aromatic heterocycles. The maximum atomic E-state index is 13.5. The molecule has 16 heavy (non-hydrogen) atoms.